The lowest BCUT2D eigenvalue weighted by molar-refractivity contribution is 0.0270. The van der Waals surface area contributed by atoms with E-state index in [-0.39, 0.29) is 11.9 Å². The molecule has 120 valence electrons. The van der Waals surface area contributed by atoms with Crippen LogP contribution in [0.3, 0.4) is 0 Å². The van der Waals surface area contributed by atoms with Crippen molar-refractivity contribution in [3.8, 4) is 0 Å². The van der Waals surface area contributed by atoms with Crippen LogP contribution in [0.5, 0.6) is 0 Å². The molecule has 4 nitrogen and oxygen atoms in total. The first kappa shape index (κ1) is 16.3. The molecule has 0 atom stereocenters. The van der Waals surface area contributed by atoms with E-state index in [4.69, 9.17) is 4.74 Å². The molecule has 1 N–H and O–H groups in total. The zero-order chi connectivity index (χ0) is 16.3. The van der Waals surface area contributed by atoms with Crippen LogP contribution in [0.15, 0.2) is 24.3 Å². The van der Waals surface area contributed by atoms with Gasteiger partial charge in [0.05, 0.1) is 0 Å². The third kappa shape index (κ3) is 4.00. The normalized spacial score (nSPS) is 15.3. The highest BCUT2D eigenvalue weighted by Crippen LogP contribution is 2.27. The fraction of sp³-hybridized carbons (Fsp3) is 0.471. The molecule has 1 aromatic carbocycles. The number of nitrogens with zero attached hydrogens (tertiary/aromatic N) is 1. The van der Waals surface area contributed by atoms with Crippen LogP contribution in [0.25, 0.3) is 5.57 Å². The molecule has 0 bridgehead atoms. The molecule has 1 aliphatic heterocycles. The van der Waals surface area contributed by atoms with E-state index in [1.165, 1.54) is 6.07 Å². The van der Waals surface area contributed by atoms with E-state index < -0.39 is 5.60 Å². The van der Waals surface area contributed by atoms with E-state index in [1.54, 1.807) is 18.0 Å². The summed E-state index contributed by atoms with van der Waals surface area (Å²) >= 11 is 0. The molecule has 0 radical (unpaired) electrons. The molecular formula is C17H23FN2O2. The van der Waals surface area contributed by atoms with Gasteiger partial charge < -0.3 is 15.0 Å². The molecule has 1 aliphatic rings. The van der Waals surface area contributed by atoms with E-state index in [0.717, 1.165) is 11.3 Å². The first-order valence-electron chi connectivity index (χ1n) is 7.45. The lowest BCUT2D eigenvalue weighted by Gasteiger charge is -2.29. The van der Waals surface area contributed by atoms with E-state index in [9.17, 15) is 9.18 Å². The highest BCUT2D eigenvalue weighted by molar-refractivity contribution is 5.73. The van der Waals surface area contributed by atoms with Crippen LogP contribution in [0.1, 0.15) is 32.8 Å². The topological polar surface area (TPSA) is 41.6 Å². The van der Waals surface area contributed by atoms with Crippen LogP contribution in [-0.4, -0.2) is 36.7 Å². The van der Waals surface area contributed by atoms with E-state index in [2.05, 4.69) is 5.32 Å². The fourth-order valence-corrected chi connectivity index (χ4v) is 2.34. The minimum absolute atomic E-state index is 0.246. The van der Waals surface area contributed by atoms with Gasteiger partial charge in [0.25, 0.3) is 0 Å². The van der Waals surface area contributed by atoms with Crippen LogP contribution >= 0.6 is 0 Å². The van der Waals surface area contributed by atoms with Gasteiger partial charge in [-0.15, -0.1) is 0 Å². The molecule has 1 heterocycles. The zero-order valence-corrected chi connectivity index (χ0v) is 13.6. The lowest BCUT2D eigenvalue weighted by atomic mass is 9.99. The second-order valence-corrected chi connectivity index (χ2v) is 6.35. The van der Waals surface area contributed by atoms with Gasteiger partial charge in [-0.25, -0.2) is 9.18 Å². The quantitative estimate of drug-likeness (QED) is 0.901. The number of hydrogen-bond donors (Lipinski definition) is 1. The molecule has 22 heavy (non-hydrogen) atoms. The van der Waals surface area contributed by atoms with Crippen molar-refractivity contribution in [2.45, 2.75) is 32.8 Å². The first-order chi connectivity index (χ1) is 10.3. The Kier molecular flexibility index (Phi) is 4.74. The average molecular weight is 306 g/mol. The Morgan fingerprint density at radius 3 is 2.59 bits per heavy atom. The maximum Gasteiger partial charge on any atom is 0.410 e. The molecule has 0 aliphatic carbocycles. The minimum Gasteiger partial charge on any atom is -0.444 e. The summed E-state index contributed by atoms with van der Waals surface area (Å²) in [6.45, 7) is 6.50. The number of carbonyl (C=O) groups excluding carboxylic acids is 1. The Hall–Kier alpha value is -2.04. The molecular weight excluding hydrogens is 283 g/mol. The maximum absolute atomic E-state index is 14.1. The number of carbonyl (C=O) groups is 1. The summed E-state index contributed by atoms with van der Waals surface area (Å²) in [6.07, 6.45) is 2.19. The smallest absolute Gasteiger partial charge is 0.410 e. The van der Waals surface area contributed by atoms with E-state index >= 15 is 0 Å². The van der Waals surface area contributed by atoms with Gasteiger partial charge in [-0.3, -0.25) is 0 Å². The van der Waals surface area contributed by atoms with Crippen LogP contribution < -0.4 is 5.32 Å². The maximum atomic E-state index is 14.1. The molecule has 0 fully saturated rings. The highest BCUT2D eigenvalue weighted by Gasteiger charge is 2.24. The van der Waals surface area contributed by atoms with Crippen molar-refractivity contribution in [2.24, 2.45) is 0 Å². The number of halogens is 1. The van der Waals surface area contributed by atoms with Crippen LogP contribution in [-0.2, 0) is 4.74 Å². The Morgan fingerprint density at radius 2 is 2.09 bits per heavy atom. The van der Waals surface area contributed by atoms with Crippen LogP contribution in [0, 0.1) is 5.82 Å². The first-order valence-corrected chi connectivity index (χ1v) is 7.45. The highest BCUT2D eigenvalue weighted by atomic mass is 19.1. The summed E-state index contributed by atoms with van der Waals surface area (Å²) in [5.74, 6) is -0.246. The van der Waals surface area contributed by atoms with Gasteiger partial charge in [0.2, 0.25) is 0 Å². The molecule has 0 saturated carbocycles. The molecule has 1 aromatic rings. The molecule has 0 spiro atoms. The zero-order valence-electron chi connectivity index (χ0n) is 13.6. The fourth-order valence-electron chi connectivity index (χ4n) is 2.34. The van der Waals surface area contributed by atoms with Crippen molar-refractivity contribution in [1.82, 2.24) is 4.90 Å². The second kappa shape index (κ2) is 6.38. The van der Waals surface area contributed by atoms with Gasteiger partial charge in [0.15, 0.2) is 0 Å². The second-order valence-electron chi connectivity index (χ2n) is 6.35. The Labute approximate surface area is 131 Å². The summed E-state index contributed by atoms with van der Waals surface area (Å²) in [5, 5.41) is 2.91. The number of hydrogen-bond acceptors (Lipinski definition) is 3. The van der Waals surface area contributed by atoms with Gasteiger partial charge in [0.1, 0.15) is 11.4 Å². The van der Waals surface area contributed by atoms with Gasteiger partial charge in [0, 0.05) is 31.4 Å². The van der Waals surface area contributed by atoms with Crippen molar-refractivity contribution in [3.63, 3.8) is 0 Å². The van der Waals surface area contributed by atoms with E-state index in [1.807, 2.05) is 32.9 Å². The molecule has 2 rings (SSSR count). The molecule has 5 heteroatoms. The van der Waals surface area contributed by atoms with Gasteiger partial charge in [-0.2, -0.15) is 0 Å². The standard InChI is InChI=1S/C17H23FN2O2/c1-17(2,3)22-16(21)20-9-7-12(8-10-20)14-6-5-13(19-4)11-15(14)18/h5-7,11,19H,8-10H2,1-4H3. The van der Waals surface area contributed by atoms with Crippen molar-refractivity contribution in [1.29, 1.82) is 0 Å². The van der Waals surface area contributed by atoms with Crippen molar-refractivity contribution < 1.29 is 13.9 Å². The summed E-state index contributed by atoms with van der Waals surface area (Å²) in [4.78, 5) is 13.6. The number of anilines is 1. The molecule has 1 amide bonds. The summed E-state index contributed by atoms with van der Waals surface area (Å²) in [7, 11) is 1.76. The predicted octanol–water partition coefficient (Wildman–Crippen LogP) is 3.89. The number of benzene rings is 1. The summed E-state index contributed by atoms with van der Waals surface area (Å²) < 4.78 is 19.5. The third-order valence-electron chi connectivity index (χ3n) is 3.46. The number of ether oxygens (including phenoxy) is 1. The number of nitrogens with one attached hydrogen (secondary N) is 1. The van der Waals surface area contributed by atoms with E-state index in [0.29, 0.717) is 25.1 Å². The monoisotopic (exact) mass is 306 g/mol. The van der Waals surface area contributed by atoms with Crippen LogP contribution in [0.4, 0.5) is 14.9 Å². The summed E-state index contributed by atoms with van der Waals surface area (Å²) in [6, 6.07) is 5.10. The Bertz CT molecular complexity index is 591. The Balaban J connectivity index is 2.07. The largest absolute Gasteiger partial charge is 0.444 e. The SMILES string of the molecule is CNc1ccc(C2=CCN(C(=O)OC(C)(C)C)CC2)c(F)c1. The number of rotatable bonds is 2. The third-order valence-corrected chi connectivity index (χ3v) is 3.46. The predicted molar refractivity (Wildman–Crippen MR) is 86.3 cm³/mol. The summed E-state index contributed by atoms with van der Waals surface area (Å²) in [5.41, 5.74) is 1.77. The molecule has 0 aromatic heterocycles. The van der Waals surface area contributed by atoms with Crippen molar-refractivity contribution in [2.75, 3.05) is 25.5 Å². The van der Waals surface area contributed by atoms with Gasteiger partial charge in [-0.1, -0.05) is 6.08 Å². The van der Waals surface area contributed by atoms with Gasteiger partial charge in [-0.05, 0) is 51.0 Å². The van der Waals surface area contributed by atoms with Crippen LogP contribution in [0.2, 0.25) is 0 Å². The lowest BCUT2D eigenvalue weighted by Crippen LogP contribution is -2.39. The average Bonchev–Trinajstić information content (AvgIpc) is 2.45. The van der Waals surface area contributed by atoms with Gasteiger partial charge >= 0.3 is 6.09 Å². The van der Waals surface area contributed by atoms with Crippen molar-refractivity contribution in [3.05, 3.63) is 35.7 Å². The molecule has 0 unspecified atom stereocenters. The Morgan fingerprint density at radius 1 is 1.36 bits per heavy atom. The molecule has 0 saturated heterocycles. The van der Waals surface area contributed by atoms with Crippen molar-refractivity contribution >= 4 is 17.4 Å². The minimum atomic E-state index is -0.504. The number of amides is 1.